The fourth-order valence-electron chi connectivity index (χ4n) is 2.55. The molecular formula is C15H22O4. The Morgan fingerprint density at radius 2 is 1.68 bits per heavy atom. The molecule has 0 amide bonds. The van der Waals surface area contributed by atoms with Gasteiger partial charge in [0.15, 0.2) is 11.5 Å². The molecule has 0 spiro atoms. The molecule has 1 aromatic carbocycles. The van der Waals surface area contributed by atoms with Gasteiger partial charge in [0.1, 0.15) is 0 Å². The molecule has 0 unspecified atom stereocenters. The Morgan fingerprint density at radius 1 is 1.11 bits per heavy atom. The van der Waals surface area contributed by atoms with E-state index in [1.165, 1.54) is 25.7 Å². The molecule has 0 radical (unpaired) electrons. The van der Waals surface area contributed by atoms with E-state index in [2.05, 4.69) is 0 Å². The van der Waals surface area contributed by atoms with Gasteiger partial charge < -0.3 is 19.3 Å². The third-order valence-corrected chi connectivity index (χ3v) is 3.64. The van der Waals surface area contributed by atoms with Crippen molar-refractivity contribution < 1.29 is 19.3 Å². The van der Waals surface area contributed by atoms with E-state index in [4.69, 9.17) is 14.2 Å². The largest absolute Gasteiger partial charge is 0.493 e. The minimum atomic E-state index is -0.0460. The number of benzene rings is 1. The highest BCUT2D eigenvalue weighted by Crippen LogP contribution is 2.39. The fraction of sp³-hybridized carbons (Fsp3) is 0.600. The normalized spacial score (nSPS) is 15.5. The summed E-state index contributed by atoms with van der Waals surface area (Å²) in [7, 11) is 3.19. The first-order valence-corrected chi connectivity index (χ1v) is 6.77. The number of aliphatic hydroxyl groups is 1. The molecule has 1 aliphatic rings. The molecule has 1 fully saturated rings. The third kappa shape index (κ3) is 3.32. The van der Waals surface area contributed by atoms with Crippen LogP contribution in [0.25, 0.3) is 0 Å². The molecule has 0 saturated heterocycles. The van der Waals surface area contributed by atoms with Crippen molar-refractivity contribution in [3.63, 3.8) is 0 Å². The van der Waals surface area contributed by atoms with E-state index in [1.807, 2.05) is 0 Å². The average molecular weight is 266 g/mol. The summed E-state index contributed by atoms with van der Waals surface area (Å²) in [6.45, 7) is 0.654. The predicted molar refractivity (Wildman–Crippen MR) is 72.9 cm³/mol. The van der Waals surface area contributed by atoms with Crippen LogP contribution in [0.15, 0.2) is 12.1 Å². The van der Waals surface area contributed by atoms with E-state index in [9.17, 15) is 5.11 Å². The van der Waals surface area contributed by atoms with Crippen LogP contribution < -0.4 is 14.2 Å². The number of rotatable bonds is 6. The quantitative estimate of drug-likeness (QED) is 0.860. The minimum absolute atomic E-state index is 0.0460. The molecule has 19 heavy (non-hydrogen) atoms. The number of methoxy groups -OCH3 is 2. The van der Waals surface area contributed by atoms with Crippen molar-refractivity contribution >= 4 is 0 Å². The van der Waals surface area contributed by atoms with E-state index in [-0.39, 0.29) is 6.61 Å². The molecule has 106 valence electrons. The number of hydrogen-bond acceptors (Lipinski definition) is 4. The summed E-state index contributed by atoms with van der Waals surface area (Å²) in [5.74, 6) is 2.49. The van der Waals surface area contributed by atoms with Gasteiger partial charge in [0, 0.05) is 0 Å². The Balaban J connectivity index is 2.16. The van der Waals surface area contributed by atoms with Crippen LogP contribution in [0.2, 0.25) is 0 Å². The lowest BCUT2D eigenvalue weighted by Crippen LogP contribution is -2.09. The topological polar surface area (TPSA) is 47.9 Å². The molecule has 0 aromatic heterocycles. The van der Waals surface area contributed by atoms with E-state index in [0.29, 0.717) is 29.8 Å². The van der Waals surface area contributed by atoms with Gasteiger partial charge >= 0.3 is 0 Å². The van der Waals surface area contributed by atoms with E-state index in [1.54, 1.807) is 26.4 Å². The fourth-order valence-corrected chi connectivity index (χ4v) is 2.55. The van der Waals surface area contributed by atoms with E-state index >= 15 is 0 Å². The van der Waals surface area contributed by atoms with Crippen molar-refractivity contribution in [1.29, 1.82) is 0 Å². The van der Waals surface area contributed by atoms with Crippen molar-refractivity contribution in [2.75, 3.05) is 20.8 Å². The van der Waals surface area contributed by atoms with Gasteiger partial charge in [-0.2, -0.15) is 0 Å². The van der Waals surface area contributed by atoms with Gasteiger partial charge in [-0.1, -0.05) is 12.8 Å². The standard InChI is InChI=1S/C15H22O4/c1-17-13-7-12(9-16)8-14(18-2)15(13)19-10-11-5-3-4-6-11/h7-8,11,16H,3-6,9-10H2,1-2H3. The second-order valence-electron chi connectivity index (χ2n) is 4.95. The zero-order chi connectivity index (χ0) is 13.7. The van der Waals surface area contributed by atoms with Gasteiger partial charge in [0.05, 0.1) is 27.4 Å². The molecule has 0 heterocycles. The smallest absolute Gasteiger partial charge is 0.203 e. The summed E-state index contributed by atoms with van der Waals surface area (Å²) in [6.07, 6.45) is 5.07. The van der Waals surface area contributed by atoms with Gasteiger partial charge in [0.2, 0.25) is 5.75 Å². The van der Waals surface area contributed by atoms with Gasteiger partial charge in [-0.3, -0.25) is 0 Å². The number of ether oxygens (including phenoxy) is 3. The zero-order valence-electron chi connectivity index (χ0n) is 11.6. The molecular weight excluding hydrogens is 244 g/mol. The van der Waals surface area contributed by atoms with Crippen LogP contribution in [0.4, 0.5) is 0 Å². The average Bonchev–Trinajstić information content (AvgIpc) is 2.97. The second kappa shape index (κ2) is 6.66. The monoisotopic (exact) mass is 266 g/mol. The summed E-state index contributed by atoms with van der Waals surface area (Å²) in [5, 5.41) is 9.22. The van der Waals surface area contributed by atoms with Gasteiger partial charge in [-0.05, 0) is 36.5 Å². The Hall–Kier alpha value is -1.42. The van der Waals surface area contributed by atoms with E-state index < -0.39 is 0 Å². The maximum atomic E-state index is 9.22. The van der Waals surface area contributed by atoms with Crippen molar-refractivity contribution in [1.82, 2.24) is 0 Å². The van der Waals surface area contributed by atoms with Crippen molar-refractivity contribution in [3.8, 4) is 17.2 Å². The molecule has 0 aliphatic heterocycles. The van der Waals surface area contributed by atoms with Crippen LogP contribution in [0.5, 0.6) is 17.2 Å². The Morgan fingerprint density at radius 3 is 2.16 bits per heavy atom. The highest BCUT2D eigenvalue weighted by molar-refractivity contribution is 5.53. The van der Waals surface area contributed by atoms with Gasteiger partial charge in [0.25, 0.3) is 0 Å². The van der Waals surface area contributed by atoms with Crippen molar-refractivity contribution in [3.05, 3.63) is 17.7 Å². The Labute approximate surface area is 114 Å². The lowest BCUT2D eigenvalue weighted by molar-refractivity contribution is 0.228. The number of aliphatic hydroxyl groups excluding tert-OH is 1. The highest BCUT2D eigenvalue weighted by Gasteiger charge is 2.19. The molecule has 0 atom stereocenters. The van der Waals surface area contributed by atoms with Gasteiger partial charge in [-0.25, -0.2) is 0 Å². The summed E-state index contributed by atoms with van der Waals surface area (Å²) >= 11 is 0. The SMILES string of the molecule is COc1cc(CO)cc(OC)c1OCC1CCCC1. The van der Waals surface area contributed by atoms with Crippen molar-refractivity contribution in [2.24, 2.45) is 5.92 Å². The van der Waals surface area contributed by atoms with Crippen molar-refractivity contribution in [2.45, 2.75) is 32.3 Å². The van der Waals surface area contributed by atoms with Crippen LogP contribution in [0.3, 0.4) is 0 Å². The molecule has 1 aliphatic carbocycles. The molecule has 1 saturated carbocycles. The first-order valence-electron chi connectivity index (χ1n) is 6.77. The molecule has 2 rings (SSSR count). The first kappa shape index (κ1) is 14.0. The van der Waals surface area contributed by atoms with Crippen LogP contribution in [0.1, 0.15) is 31.2 Å². The lowest BCUT2D eigenvalue weighted by Gasteiger charge is -2.17. The van der Waals surface area contributed by atoms with Gasteiger partial charge in [-0.15, -0.1) is 0 Å². The summed E-state index contributed by atoms with van der Waals surface area (Å²) in [6, 6.07) is 3.57. The molecule has 1 N–H and O–H groups in total. The molecule has 4 nitrogen and oxygen atoms in total. The second-order valence-corrected chi connectivity index (χ2v) is 4.95. The molecule has 4 heteroatoms. The summed E-state index contributed by atoms with van der Waals surface area (Å²) < 4.78 is 16.6. The van der Waals surface area contributed by atoms with Crippen LogP contribution in [0, 0.1) is 5.92 Å². The molecule has 0 bridgehead atoms. The molecule has 1 aromatic rings. The third-order valence-electron chi connectivity index (χ3n) is 3.64. The highest BCUT2D eigenvalue weighted by atomic mass is 16.5. The Kier molecular flexibility index (Phi) is 4.91. The zero-order valence-corrected chi connectivity index (χ0v) is 11.6. The van der Waals surface area contributed by atoms with E-state index in [0.717, 1.165) is 5.56 Å². The van der Waals surface area contributed by atoms with Crippen LogP contribution in [-0.4, -0.2) is 25.9 Å². The summed E-state index contributed by atoms with van der Waals surface area (Å²) in [5.41, 5.74) is 0.752. The lowest BCUT2D eigenvalue weighted by atomic mass is 10.1. The first-order chi connectivity index (χ1) is 9.28. The maximum absolute atomic E-state index is 9.22. The van der Waals surface area contributed by atoms with Crippen LogP contribution >= 0.6 is 0 Å². The number of hydrogen-bond donors (Lipinski definition) is 1. The summed E-state index contributed by atoms with van der Waals surface area (Å²) in [4.78, 5) is 0. The maximum Gasteiger partial charge on any atom is 0.203 e. The Bertz CT molecular complexity index is 386. The minimum Gasteiger partial charge on any atom is -0.493 e. The predicted octanol–water partition coefficient (Wildman–Crippen LogP) is 2.77. The van der Waals surface area contributed by atoms with Crippen LogP contribution in [-0.2, 0) is 6.61 Å².